The van der Waals surface area contributed by atoms with Crippen LogP contribution in [-0.4, -0.2) is 45.8 Å². The number of aromatic nitrogens is 1. The van der Waals surface area contributed by atoms with Crippen molar-refractivity contribution < 1.29 is 14.3 Å². The number of nitrogens with one attached hydrogen (secondary N) is 1. The Bertz CT molecular complexity index is 874. The van der Waals surface area contributed by atoms with Crippen molar-refractivity contribution in [3.8, 4) is 0 Å². The standard InChI is InChI=1S/C19H19BrN2O3/c1-25-18(24)19-9-12(6-7-16(19)20)11-22(19)17(23)8-13-10-21-15-5-3-2-4-14(13)15/h2-7,10,12,16,21H,8-9,11H2,1H3/t12-,16-,19-/m0/s1. The van der Waals surface area contributed by atoms with Crippen molar-refractivity contribution >= 4 is 38.7 Å². The third-order valence-electron chi connectivity index (χ3n) is 5.34. The number of hydrogen-bond donors (Lipinski definition) is 1. The number of para-hydroxylation sites is 1. The first-order valence-electron chi connectivity index (χ1n) is 8.32. The molecular weight excluding hydrogens is 384 g/mol. The number of ether oxygens (including phenoxy) is 1. The van der Waals surface area contributed by atoms with Gasteiger partial charge < -0.3 is 14.6 Å². The minimum Gasteiger partial charge on any atom is -0.467 e. The summed E-state index contributed by atoms with van der Waals surface area (Å²) in [4.78, 5) is 30.4. The fourth-order valence-corrected chi connectivity index (χ4v) is 4.92. The molecule has 1 fully saturated rings. The van der Waals surface area contributed by atoms with Crippen LogP contribution in [0.25, 0.3) is 10.9 Å². The predicted octanol–water partition coefficient (Wildman–Crippen LogP) is 2.80. The summed E-state index contributed by atoms with van der Waals surface area (Å²) in [5, 5.41) is 1.04. The zero-order valence-electron chi connectivity index (χ0n) is 13.9. The van der Waals surface area contributed by atoms with Gasteiger partial charge in [-0.1, -0.05) is 46.3 Å². The van der Waals surface area contributed by atoms with E-state index in [9.17, 15) is 9.59 Å². The van der Waals surface area contributed by atoms with Crippen LogP contribution in [0.4, 0.5) is 0 Å². The first-order chi connectivity index (χ1) is 12.1. The Balaban J connectivity index is 1.66. The molecule has 130 valence electrons. The van der Waals surface area contributed by atoms with Gasteiger partial charge in [-0.05, 0) is 24.0 Å². The van der Waals surface area contributed by atoms with Crippen LogP contribution in [0.15, 0.2) is 42.6 Å². The number of rotatable bonds is 3. The summed E-state index contributed by atoms with van der Waals surface area (Å²) < 4.78 is 5.06. The van der Waals surface area contributed by atoms with Crippen LogP contribution in [0.2, 0.25) is 0 Å². The maximum atomic E-state index is 13.1. The monoisotopic (exact) mass is 402 g/mol. The molecule has 0 spiro atoms. The second-order valence-corrected chi connectivity index (χ2v) is 7.69. The zero-order chi connectivity index (χ0) is 17.6. The number of alkyl halides is 1. The van der Waals surface area contributed by atoms with Crippen molar-refractivity contribution in [3.63, 3.8) is 0 Å². The van der Waals surface area contributed by atoms with Crippen molar-refractivity contribution in [2.45, 2.75) is 23.2 Å². The summed E-state index contributed by atoms with van der Waals surface area (Å²) >= 11 is 3.58. The number of halogens is 1. The van der Waals surface area contributed by atoms with Crippen LogP contribution in [0.5, 0.6) is 0 Å². The number of likely N-dealkylation sites (tertiary alicyclic amines) is 1. The summed E-state index contributed by atoms with van der Waals surface area (Å²) in [7, 11) is 1.38. The van der Waals surface area contributed by atoms with Gasteiger partial charge in [0.25, 0.3) is 0 Å². The molecule has 2 aromatic rings. The second kappa shape index (κ2) is 6.02. The number of H-pyrrole nitrogens is 1. The van der Waals surface area contributed by atoms with Gasteiger partial charge in [-0.2, -0.15) is 0 Å². The topological polar surface area (TPSA) is 62.4 Å². The van der Waals surface area contributed by atoms with E-state index in [1.54, 1.807) is 4.90 Å². The summed E-state index contributed by atoms with van der Waals surface area (Å²) in [5.41, 5.74) is 1.01. The average Bonchev–Trinajstić information content (AvgIpc) is 3.18. The molecule has 5 nitrogen and oxygen atoms in total. The molecule has 1 aromatic heterocycles. The molecule has 4 rings (SSSR count). The SMILES string of the molecule is COC(=O)[C@]12C[C@H](C=C[C@@H]1Br)CN2C(=O)Cc1c[nH]c2ccccc12. The van der Waals surface area contributed by atoms with E-state index < -0.39 is 5.54 Å². The number of fused-ring (bicyclic) bond motifs is 3. The minimum absolute atomic E-state index is 0.0502. The van der Waals surface area contributed by atoms with Gasteiger partial charge in [-0.25, -0.2) is 4.79 Å². The van der Waals surface area contributed by atoms with E-state index in [0.29, 0.717) is 13.0 Å². The number of amides is 1. The van der Waals surface area contributed by atoms with E-state index in [2.05, 4.69) is 27.0 Å². The number of methoxy groups -OCH3 is 1. The van der Waals surface area contributed by atoms with Crippen LogP contribution >= 0.6 is 15.9 Å². The van der Waals surface area contributed by atoms with Gasteiger partial charge in [0, 0.05) is 23.6 Å². The molecular formula is C19H19BrN2O3. The number of esters is 1. The van der Waals surface area contributed by atoms with Crippen LogP contribution in [0, 0.1) is 5.92 Å². The highest BCUT2D eigenvalue weighted by Gasteiger charge is 2.58. The molecule has 2 heterocycles. The number of aromatic amines is 1. The molecule has 6 heteroatoms. The van der Waals surface area contributed by atoms with E-state index in [4.69, 9.17) is 4.74 Å². The van der Waals surface area contributed by atoms with Crippen molar-refractivity contribution in [2.75, 3.05) is 13.7 Å². The average molecular weight is 403 g/mol. The van der Waals surface area contributed by atoms with Crippen LogP contribution in [0.3, 0.4) is 0 Å². The van der Waals surface area contributed by atoms with Gasteiger partial charge in [0.2, 0.25) is 5.91 Å². The third-order valence-corrected chi connectivity index (χ3v) is 6.40. The van der Waals surface area contributed by atoms with Crippen molar-refractivity contribution in [3.05, 3.63) is 48.2 Å². The highest BCUT2D eigenvalue weighted by Crippen LogP contribution is 2.45. The van der Waals surface area contributed by atoms with Gasteiger partial charge in [-0.3, -0.25) is 4.79 Å². The van der Waals surface area contributed by atoms with Gasteiger partial charge in [0.1, 0.15) is 0 Å². The smallest absolute Gasteiger partial charge is 0.333 e. The molecule has 1 aromatic carbocycles. The van der Waals surface area contributed by atoms with Gasteiger partial charge in [-0.15, -0.1) is 0 Å². The molecule has 25 heavy (non-hydrogen) atoms. The lowest BCUT2D eigenvalue weighted by atomic mass is 9.84. The van der Waals surface area contributed by atoms with E-state index in [-0.39, 0.29) is 29.0 Å². The summed E-state index contributed by atoms with van der Waals surface area (Å²) in [6.07, 6.45) is 6.78. The Labute approximate surface area is 154 Å². The largest absolute Gasteiger partial charge is 0.467 e. The van der Waals surface area contributed by atoms with Gasteiger partial charge in [0.15, 0.2) is 5.54 Å². The summed E-state index contributed by atoms with van der Waals surface area (Å²) in [6.45, 7) is 0.550. The maximum absolute atomic E-state index is 13.1. The van der Waals surface area contributed by atoms with Gasteiger partial charge >= 0.3 is 5.97 Å². The highest BCUT2D eigenvalue weighted by atomic mass is 79.9. The van der Waals surface area contributed by atoms with E-state index >= 15 is 0 Å². The van der Waals surface area contributed by atoms with Crippen LogP contribution < -0.4 is 0 Å². The molecule has 2 aliphatic rings. The molecule has 0 saturated carbocycles. The molecule has 1 aliphatic heterocycles. The fraction of sp³-hybridized carbons (Fsp3) is 0.368. The van der Waals surface area contributed by atoms with E-state index in [0.717, 1.165) is 16.5 Å². The normalized spacial score (nSPS) is 27.7. The zero-order valence-corrected chi connectivity index (χ0v) is 15.5. The Kier molecular flexibility index (Phi) is 3.95. The Hall–Kier alpha value is -2.08. The number of carbonyl (C=O) groups excluding carboxylic acids is 2. The number of benzene rings is 1. The van der Waals surface area contributed by atoms with Crippen LogP contribution in [-0.2, 0) is 20.7 Å². The lowest BCUT2D eigenvalue weighted by molar-refractivity contribution is -0.158. The number of hydrogen-bond acceptors (Lipinski definition) is 3. The number of carbonyl (C=O) groups is 2. The molecule has 1 amide bonds. The summed E-state index contributed by atoms with van der Waals surface area (Å²) in [5.74, 6) is -0.209. The molecule has 1 N–H and O–H groups in total. The first-order valence-corrected chi connectivity index (χ1v) is 9.24. The second-order valence-electron chi connectivity index (χ2n) is 6.71. The maximum Gasteiger partial charge on any atom is 0.333 e. The van der Waals surface area contributed by atoms with Crippen molar-refractivity contribution in [2.24, 2.45) is 5.92 Å². The van der Waals surface area contributed by atoms with Crippen molar-refractivity contribution in [1.29, 1.82) is 0 Å². The lowest BCUT2D eigenvalue weighted by Gasteiger charge is -2.39. The van der Waals surface area contributed by atoms with E-state index in [1.165, 1.54) is 7.11 Å². The Morgan fingerprint density at radius 2 is 2.16 bits per heavy atom. The Morgan fingerprint density at radius 1 is 1.36 bits per heavy atom. The third kappa shape index (κ3) is 2.42. The molecule has 0 unspecified atom stereocenters. The Morgan fingerprint density at radius 3 is 2.96 bits per heavy atom. The van der Waals surface area contributed by atoms with Crippen LogP contribution in [0.1, 0.15) is 12.0 Å². The first kappa shape index (κ1) is 16.4. The highest BCUT2D eigenvalue weighted by molar-refractivity contribution is 9.09. The van der Waals surface area contributed by atoms with Crippen molar-refractivity contribution in [1.82, 2.24) is 9.88 Å². The molecule has 1 aliphatic carbocycles. The molecule has 2 bridgehead atoms. The minimum atomic E-state index is -0.947. The lowest BCUT2D eigenvalue weighted by Crippen LogP contribution is -2.59. The quantitative estimate of drug-likeness (QED) is 0.487. The molecule has 0 radical (unpaired) electrons. The fourth-order valence-electron chi connectivity index (χ4n) is 4.12. The van der Waals surface area contributed by atoms with Gasteiger partial charge in [0.05, 0.1) is 18.4 Å². The summed E-state index contributed by atoms with van der Waals surface area (Å²) in [6, 6.07) is 7.91. The molecule has 1 saturated heterocycles. The number of nitrogens with zero attached hydrogens (tertiary/aromatic N) is 1. The molecule has 3 atom stereocenters. The predicted molar refractivity (Wildman–Crippen MR) is 98.4 cm³/mol. The van der Waals surface area contributed by atoms with E-state index in [1.807, 2.05) is 36.5 Å².